The maximum atomic E-state index is 13.3. The standard InChI is InChI=1S/C28H32ClN3O5/c1-20-25(21(2)37-30-20)15-26(33)32-13-14-36-28(18-32,19-35-24-11-9-23(29)10-12-24)16-27(34)31(3)17-22-7-5-4-6-8-22/h4-12H,13-19H2,1-3H3. The molecule has 1 aliphatic rings. The normalized spacial score (nSPS) is 17.5. The van der Waals surface area contributed by atoms with Gasteiger partial charge in [-0.2, -0.15) is 0 Å². The van der Waals surface area contributed by atoms with E-state index in [0.717, 1.165) is 11.1 Å². The van der Waals surface area contributed by atoms with Crippen molar-refractivity contribution in [2.75, 3.05) is 33.4 Å². The second-order valence-electron chi connectivity index (χ2n) is 9.48. The van der Waals surface area contributed by atoms with Crippen LogP contribution in [-0.4, -0.2) is 65.7 Å². The quantitative estimate of drug-likeness (QED) is 0.416. The van der Waals surface area contributed by atoms with Crippen LogP contribution in [0.4, 0.5) is 0 Å². The van der Waals surface area contributed by atoms with Crippen molar-refractivity contribution in [2.24, 2.45) is 0 Å². The molecule has 0 bridgehead atoms. The number of rotatable bonds is 9. The van der Waals surface area contributed by atoms with Gasteiger partial charge in [-0.15, -0.1) is 0 Å². The molecule has 4 rings (SSSR count). The first-order valence-electron chi connectivity index (χ1n) is 12.2. The predicted molar refractivity (Wildman–Crippen MR) is 139 cm³/mol. The number of hydrogen-bond donors (Lipinski definition) is 0. The number of aromatic nitrogens is 1. The SMILES string of the molecule is Cc1noc(C)c1CC(=O)N1CCOC(COc2ccc(Cl)cc2)(CC(=O)N(C)Cc2ccccc2)C1. The number of ether oxygens (including phenoxy) is 2. The van der Waals surface area contributed by atoms with Crippen molar-refractivity contribution >= 4 is 23.4 Å². The van der Waals surface area contributed by atoms with Gasteiger partial charge in [-0.3, -0.25) is 9.59 Å². The van der Waals surface area contributed by atoms with E-state index in [0.29, 0.717) is 41.9 Å². The molecule has 2 aromatic carbocycles. The molecule has 1 aromatic heterocycles. The minimum atomic E-state index is -1.01. The molecule has 1 unspecified atom stereocenters. The minimum absolute atomic E-state index is 0.0685. The fraction of sp³-hybridized carbons (Fsp3) is 0.393. The number of hydrogen-bond acceptors (Lipinski definition) is 6. The molecule has 37 heavy (non-hydrogen) atoms. The molecule has 0 saturated carbocycles. The summed E-state index contributed by atoms with van der Waals surface area (Å²) < 4.78 is 17.5. The third-order valence-electron chi connectivity index (χ3n) is 6.59. The van der Waals surface area contributed by atoms with Gasteiger partial charge in [0, 0.05) is 30.7 Å². The molecule has 1 fully saturated rings. The van der Waals surface area contributed by atoms with Gasteiger partial charge in [0.1, 0.15) is 23.7 Å². The molecule has 8 nitrogen and oxygen atoms in total. The van der Waals surface area contributed by atoms with Gasteiger partial charge in [-0.1, -0.05) is 47.1 Å². The Hall–Kier alpha value is -3.36. The van der Waals surface area contributed by atoms with Gasteiger partial charge >= 0.3 is 0 Å². The average molecular weight is 526 g/mol. The molecule has 2 amide bonds. The van der Waals surface area contributed by atoms with Crippen LogP contribution in [0.3, 0.4) is 0 Å². The van der Waals surface area contributed by atoms with Crippen molar-refractivity contribution in [1.82, 2.24) is 15.0 Å². The predicted octanol–water partition coefficient (Wildman–Crippen LogP) is 4.21. The zero-order valence-electron chi connectivity index (χ0n) is 21.4. The summed E-state index contributed by atoms with van der Waals surface area (Å²) in [6.07, 6.45) is 0.246. The van der Waals surface area contributed by atoms with Crippen molar-refractivity contribution in [3.8, 4) is 5.75 Å². The summed E-state index contributed by atoms with van der Waals surface area (Å²) in [5, 5.41) is 4.56. The molecule has 1 aliphatic heterocycles. The van der Waals surface area contributed by atoms with Crippen LogP contribution in [0.15, 0.2) is 59.1 Å². The highest BCUT2D eigenvalue weighted by Gasteiger charge is 2.42. The molecule has 2 heterocycles. The van der Waals surface area contributed by atoms with Gasteiger partial charge in [0.05, 0.1) is 31.7 Å². The van der Waals surface area contributed by atoms with E-state index in [1.54, 1.807) is 48.0 Å². The Kier molecular flexibility index (Phi) is 8.51. The second kappa shape index (κ2) is 11.8. The Balaban J connectivity index is 1.50. The highest BCUT2D eigenvalue weighted by Crippen LogP contribution is 2.27. The molecule has 1 saturated heterocycles. The topological polar surface area (TPSA) is 85.1 Å². The zero-order valence-corrected chi connectivity index (χ0v) is 22.2. The van der Waals surface area contributed by atoms with Crippen LogP contribution in [0.25, 0.3) is 0 Å². The zero-order chi connectivity index (χ0) is 26.4. The number of benzene rings is 2. The van der Waals surface area contributed by atoms with E-state index in [2.05, 4.69) is 5.16 Å². The van der Waals surface area contributed by atoms with Crippen LogP contribution in [0, 0.1) is 13.8 Å². The van der Waals surface area contributed by atoms with Gasteiger partial charge in [-0.05, 0) is 43.7 Å². The number of carbonyl (C=O) groups excluding carboxylic acids is 2. The lowest BCUT2D eigenvalue weighted by Gasteiger charge is -2.42. The molecule has 196 valence electrons. The number of amides is 2. The molecule has 0 radical (unpaired) electrons. The Labute approximate surface area is 222 Å². The summed E-state index contributed by atoms with van der Waals surface area (Å²) in [6.45, 7) is 5.16. The van der Waals surface area contributed by atoms with Gasteiger partial charge < -0.3 is 23.8 Å². The third kappa shape index (κ3) is 6.90. The van der Waals surface area contributed by atoms with E-state index >= 15 is 0 Å². The summed E-state index contributed by atoms with van der Waals surface area (Å²) in [5.74, 6) is 1.08. The van der Waals surface area contributed by atoms with Crippen molar-refractivity contribution in [3.63, 3.8) is 0 Å². The Morgan fingerprint density at radius 1 is 1.14 bits per heavy atom. The first kappa shape index (κ1) is 26.7. The van der Waals surface area contributed by atoms with Gasteiger partial charge in [0.2, 0.25) is 11.8 Å². The van der Waals surface area contributed by atoms with Gasteiger partial charge in [0.25, 0.3) is 0 Å². The lowest BCUT2D eigenvalue weighted by atomic mass is 9.96. The summed E-state index contributed by atoms with van der Waals surface area (Å²) in [4.78, 5) is 30.0. The summed E-state index contributed by atoms with van der Waals surface area (Å²) in [5.41, 5.74) is 1.52. The van der Waals surface area contributed by atoms with Crippen LogP contribution >= 0.6 is 11.6 Å². The summed E-state index contributed by atoms with van der Waals surface area (Å²) in [7, 11) is 1.77. The molecule has 0 aliphatic carbocycles. The lowest BCUT2D eigenvalue weighted by molar-refractivity contribution is -0.165. The first-order chi connectivity index (χ1) is 17.7. The number of nitrogens with zero attached hydrogens (tertiary/aromatic N) is 3. The number of aryl methyl sites for hydroxylation is 2. The van der Waals surface area contributed by atoms with Crippen LogP contribution in [-0.2, 0) is 27.3 Å². The molecule has 1 atom stereocenters. The molecule has 0 spiro atoms. The van der Waals surface area contributed by atoms with Crippen molar-refractivity contribution in [2.45, 2.75) is 38.8 Å². The van der Waals surface area contributed by atoms with E-state index in [-0.39, 0.29) is 37.8 Å². The maximum Gasteiger partial charge on any atom is 0.227 e. The monoisotopic (exact) mass is 525 g/mol. The fourth-order valence-electron chi connectivity index (χ4n) is 4.42. The van der Waals surface area contributed by atoms with Crippen LogP contribution < -0.4 is 4.74 Å². The molecule has 9 heteroatoms. The van der Waals surface area contributed by atoms with Gasteiger partial charge in [0.15, 0.2) is 0 Å². The highest BCUT2D eigenvalue weighted by molar-refractivity contribution is 6.30. The first-order valence-corrected chi connectivity index (χ1v) is 12.6. The Bertz CT molecular complexity index is 1190. The highest BCUT2D eigenvalue weighted by atomic mass is 35.5. The lowest BCUT2D eigenvalue weighted by Crippen LogP contribution is -2.58. The van der Waals surface area contributed by atoms with Crippen LogP contribution in [0.5, 0.6) is 5.75 Å². The maximum absolute atomic E-state index is 13.3. The molecular weight excluding hydrogens is 494 g/mol. The molecule has 3 aromatic rings. The largest absolute Gasteiger partial charge is 0.490 e. The average Bonchev–Trinajstić information content (AvgIpc) is 3.21. The van der Waals surface area contributed by atoms with Crippen molar-refractivity contribution in [1.29, 1.82) is 0 Å². The van der Waals surface area contributed by atoms with Gasteiger partial charge in [-0.25, -0.2) is 0 Å². The van der Waals surface area contributed by atoms with E-state index in [9.17, 15) is 9.59 Å². The third-order valence-corrected chi connectivity index (χ3v) is 6.84. The second-order valence-corrected chi connectivity index (χ2v) is 9.92. The van der Waals surface area contributed by atoms with E-state index in [1.165, 1.54) is 0 Å². The van der Waals surface area contributed by atoms with Crippen molar-refractivity contribution < 1.29 is 23.6 Å². The molecule has 0 N–H and O–H groups in total. The van der Waals surface area contributed by atoms with Crippen LogP contribution in [0.2, 0.25) is 5.02 Å². The van der Waals surface area contributed by atoms with E-state index in [4.69, 9.17) is 25.6 Å². The number of carbonyl (C=O) groups is 2. The smallest absolute Gasteiger partial charge is 0.227 e. The number of halogens is 1. The van der Waals surface area contributed by atoms with E-state index < -0.39 is 5.60 Å². The minimum Gasteiger partial charge on any atom is -0.490 e. The Morgan fingerprint density at radius 3 is 2.54 bits per heavy atom. The Morgan fingerprint density at radius 2 is 1.86 bits per heavy atom. The van der Waals surface area contributed by atoms with Crippen LogP contribution in [0.1, 0.15) is 29.0 Å². The molecular formula is C28H32ClN3O5. The number of morpholine rings is 1. The fourth-order valence-corrected chi connectivity index (χ4v) is 4.55. The van der Waals surface area contributed by atoms with E-state index in [1.807, 2.05) is 37.3 Å². The van der Waals surface area contributed by atoms with Crippen molar-refractivity contribution in [3.05, 3.63) is 82.2 Å². The summed E-state index contributed by atoms with van der Waals surface area (Å²) >= 11 is 6.01. The summed E-state index contributed by atoms with van der Waals surface area (Å²) in [6, 6.07) is 16.8.